The molecule has 7 nitrogen and oxygen atoms in total. The Hall–Kier alpha value is -3.40. The van der Waals surface area contributed by atoms with Gasteiger partial charge in [-0.15, -0.1) is 0 Å². The fraction of sp³-hybridized carbons (Fsp3) is 0.263. The summed E-state index contributed by atoms with van der Waals surface area (Å²) in [5.41, 5.74) is 1.32. The van der Waals surface area contributed by atoms with Gasteiger partial charge in [-0.25, -0.2) is 15.0 Å². The Bertz CT molecular complexity index is 943. The molecule has 0 bridgehead atoms. The zero-order valence-electron chi connectivity index (χ0n) is 15.0. The van der Waals surface area contributed by atoms with Crippen LogP contribution in [0.15, 0.2) is 42.7 Å². The summed E-state index contributed by atoms with van der Waals surface area (Å²) in [5, 5.41) is 12.6. The smallest absolute Gasteiger partial charge is 0.146 e. The van der Waals surface area contributed by atoms with Gasteiger partial charge in [-0.2, -0.15) is 5.26 Å². The van der Waals surface area contributed by atoms with Crippen molar-refractivity contribution in [1.29, 1.82) is 5.26 Å². The van der Waals surface area contributed by atoms with Crippen molar-refractivity contribution in [2.24, 2.45) is 7.05 Å². The summed E-state index contributed by atoms with van der Waals surface area (Å²) in [6.45, 7) is 1.96. The van der Waals surface area contributed by atoms with Crippen molar-refractivity contribution in [1.82, 2.24) is 19.5 Å². The Kier molecular flexibility index (Phi) is 5.13. The van der Waals surface area contributed by atoms with E-state index in [2.05, 4.69) is 26.3 Å². The van der Waals surface area contributed by atoms with Gasteiger partial charge in [0.15, 0.2) is 0 Å². The third kappa shape index (κ3) is 3.64. The fourth-order valence-electron chi connectivity index (χ4n) is 2.71. The molecule has 0 aliphatic carbocycles. The molecule has 26 heavy (non-hydrogen) atoms. The molecule has 0 fully saturated rings. The van der Waals surface area contributed by atoms with Crippen molar-refractivity contribution in [3.63, 3.8) is 0 Å². The molecule has 132 valence electrons. The molecule has 3 rings (SSSR count). The van der Waals surface area contributed by atoms with Crippen LogP contribution in [-0.4, -0.2) is 26.6 Å². The minimum Gasteiger partial charge on any atom is -0.497 e. The molecule has 3 aromatic rings. The Morgan fingerprint density at radius 1 is 1.31 bits per heavy atom. The van der Waals surface area contributed by atoms with Gasteiger partial charge >= 0.3 is 0 Å². The maximum Gasteiger partial charge on any atom is 0.146 e. The lowest BCUT2D eigenvalue weighted by atomic mass is 10.1. The van der Waals surface area contributed by atoms with Crippen molar-refractivity contribution >= 4 is 5.82 Å². The van der Waals surface area contributed by atoms with Crippen LogP contribution in [0.1, 0.15) is 35.9 Å². The van der Waals surface area contributed by atoms with Crippen LogP contribution in [0.4, 0.5) is 5.82 Å². The quantitative estimate of drug-likeness (QED) is 0.737. The maximum atomic E-state index is 9.23. The highest BCUT2D eigenvalue weighted by molar-refractivity contribution is 5.46. The zero-order valence-corrected chi connectivity index (χ0v) is 15.0. The molecular formula is C19H20N6O. The summed E-state index contributed by atoms with van der Waals surface area (Å²) >= 11 is 0. The molecule has 0 spiro atoms. The average Bonchev–Trinajstić information content (AvgIpc) is 3.11. The van der Waals surface area contributed by atoms with Gasteiger partial charge in [0.1, 0.15) is 41.0 Å². The van der Waals surface area contributed by atoms with E-state index in [1.54, 1.807) is 19.4 Å². The summed E-state index contributed by atoms with van der Waals surface area (Å²) in [5.74, 6) is 2.80. The Labute approximate surface area is 152 Å². The van der Waals surface area contributed by atoms with Gasteiger partial charge in [0.25, 0.3) is 0 Å². The van der Waals surface area contributed by atoms with Gasteiger partial charge in [-0.3, -0.25) is 0 Å². The van der Waals surface area contributed by atoms with Crippen LogP contribution < -0.4 is 10.1 Å². The molecule has 0 saturated carbocycles. The predicted octanol–water partition coefficient (Wildman–Crippen LogP) is 2.85. The Morgan fingerprint density at radius 2 is 2.15 bits per heavy atom. The molecule has 2 aromatic heterocycles. The minimum absolute atomic E-state index is 0.253. The van der Waals surface area contributed by atoms with Crippen molar-refractivity contribution in [3.05, 3.63) is 65.6 Å². The van der Waals surface area contributed by atoms with Crippen molar-refractivity contribution < 1.29 is 4.74 Å². The van der Waals surface area contributed by atoms with E-state index >= 15 is 0 Å². The van der Waals surface area contributed by atoms with Crippen LogP contribution in [0.2, 0.25) is 0 Å². The normalized spacial score (nSPS) is 11.6. The van der Waals surface area contributed by atoms with Crippen LogP contribution in [0.5, 0.6) is 5.75 Å². The van der Waals surface area contributed by atoms with E-state index < -0.39 is 0 Å². The topological polar surface area (TPSA) is 88.6 Å². The van der Waals surface area contributed by atoms with E-state index in [0.717, 1.165) is 17.1 Å². The minimum atomic E-state index is -0.253. The van der Waals surface area contributed by atoms with E-state index in [1.807, 2.05) is 49.0 Å². The number of nitrogens with one attached hydrogen (secondary N) is 1. The first-order valence-electron chi connectivity index (χ1n) is 8.30. The number of nitriles is 1. The molecule has 0 saturated heterocycles. The molecule has 1 atom stereocenters. The standard InChI is InChI=1S/C19H20N6O/c1-4-16-22-14(12-20)11-17(23-16)24-18(19-21-8-9-25(19)2)13-6-5-7-15(10-13)26-3/h5-11,18H,4H2,1-3H3,(H,22,23,24)/t18-/m0/s1. The van der Waals surface area contributed by atoms with Crippen LogP contribution in [0.25, 0.3) is 0 Å². The highest BCUT2D eigenvalue weighted by Gasteiger charge is 2.20. The van der Waals surface area contributed by atoms with E-state index in [9.17, 15) is 5.26 Å². The van der Waals surface area contributed by atoms with Crippen molar-refractivity contribution in [2.45, 2.75) is 19.4 Å². The SMILES string of the molecule is CCc1nc(C#N)cc(N[C@@H](c2cccc(OC)c2)c2nccn2C)n1. The first kappa shape index (κ1) is 17.4. The molecule has 1 N–H and O–H groups in total. The van der Waals surface area contributed by atoms with Crippen molar-refractivity contribution in [3.8, 4) is 11.8 Å². The largest absolute Gasteiger partial charge is 0.497 e. The van der Waals surface area contributed by atoms with Crippen LogP contribution in [0, 0.1) is 11.3 Å². The van der Waals surface area contributed by atoms with Gasteiger partial charge in [0.05, 0.1) is 7.11 Å². The van der Waals surface area contributed by atoms with E-state index in [4.69, 9.17) is 4.74 Å². The third-order valence-electron chi connectivity index (χ3n) is 4.04. The molecule has 0 amide bonds. The second kappa shape index (κ2) is 7.66. The molecular weight excluding hydrogens is 328 g/mol. The molecule has 0 radical (unpaired) electrons. The monoisotopic (exact) mass is 348 g/mol. The summed E-state index contributed by atoms with van der Waals surface area (Å²) in [7, 11) is 3.58. The van der Waals surface area contributed by atoms with Crippen LogP contribution >= 0.6 is 0 Å². The summed E-state index contributed by atoms with van der Waals surface area (Å²) in [6.07, 6.45) is 4.29. The molecule has 0 unspecified atom stereocenters. The molecule has 1 aromatic carbocycles. The Balaban J connectivity index is 2.05. The van der Waals surface area contributed by atoms with Gasteiger partial charge in [-0.1, -0.05) is 19.1 Å². The zero-order chi connectivity index (χ0) is 18.5. The first-order valence-corrected chi connectivity index (χ1v) is 8.30. The van der Waals surface area contributed by atoms with E-state index in [1.165, 1.54) is 0 Å². The van der Waals surface area contributed by atoms with Gasteiger partial charge in [0, 0.05) is 31.9 Å². The lowest BCUT2D eigenvalue weighted by Gasteiger charge is -2.20. The van der Waals surface area contributed by atoms with Crippen LogP contribution in [-0.2, 0) is 13.5 Å². The number of hydrogen-bond acceptors (Lipinski definition) is 6. The number of nitrogens with zero attached hydrogens (tertiary/aromatic N) is 5. The number of rotatable bonds is 6. The van der Waals surface area contributed by atoms with Crippen molar-refractivity contribution in [2.75, 3.05) is 12.4 Å². The number of imidazole rings is 1. The molecule has 7 heteroatoms. The predicted molar refractivity (Wildman–Crippen MR) is 97.8 cm³/mol. The average molecular weight is 348 g/mol. The lowest BCUT2D eigenvalue weighted by Crippen LogP contribution is -2.18. The van der Waals surface area contributed by atoms with Gasteiger partial charge < -0.3 is 14.6 Å². The fourth-order valence-corrected chi connectivity index (χ4v) is 2.71. The molecule has 0 aliphatic heterocycles. The maximum absolute atomic E-state index is 9.23. The van der Waals surface area contributed by atoms with Crippen LogP contribution in [0.3, 0.4) is 0 Å². The number of anilines is 1. The second-order valence-electron chi connectivity index (χ2n) is 5.77. The van der Waals surface area contributed by atoms with E-state index in [0.29, 0.717) is 23.8 Å². The highest BCUT2D eigenvalue weighted by atomic mass is 16.5. The number of aryl methyl sites for hydroxylation is 2. The Morgan fingerprint density at radius 3 is 2.81 bits per heavy atom. The summed E-state index contributed by atoms with van der Waals surface area (Å²) in [6, 6.07) is 11.3. The number of hydrogen-bond donors (Lipinski definition) is 1. The molecule has 2 heterocycles. The highest BCUT2D eigenvalue weighted by Crippen LogP contribution is 2.27. The number of methoxy groups -OCH3 is 1. The van der Waals surface area contributed by atoms with Gasteiger partial charge in [-0.05, 0) is 17.7 Å². The second-order valence-corrected chi connectivity index (χ2v) is 5.77. The van der Waals surface area contributed by atoms with Gasteiger partial charge in [0.2, 0.25) is 0 Å². The lowest BCUT2D eigenvalue weighted by molar-refractivity contribution is 0.414. The number of benzene rings is 1. The third-order valence-corrected chi connectivity index (χ3v) is 4.04. The van der Waals surface area contributed by atoms with E-state index in [-0.39, 0.29) is 6.04 Å². The summed E-state index contributed by atoms with van der Waals surface area (Å²) < 4.78 is 7.30. The number of ether oxygens (including phenoxy) is 1. The summed E-state index contributed by atoms with van der Waals surface area (Å²) in [4.78, 5) is 13.2. The first-order chi connectivity index (χ1) is 12.6. The molecule has 0 aliphatic rings. The number of aromatic nitrogens is 4.